The molecule has 1 aliphatic carbocycles. The molecule has 0 saturated heterocycles. The van der Waals surface area contributed by atoms with E-state index in [9.17, 15) is 22.0 Å². The summed E-state index contributed by atoms with van der Waals surface area (Å²) in [6.45, 7) is 0.177. The first-order valence-corrected chi connectivity index (χ1v) is 8.91. The van der Waals surface area contributed by atoms with Gasteiger partial charge in [0.15, 0.2) is 0 Å². The van der Waals surface area contributed by atoms with Crippen molar-refractivity contribution in [3.05, 3.63) is 72.0 Å². The number of ether oxygens (including phenoxy) is 2. The number of alkyl halides is 3. The molecule has 29 heavy (non-hydrogen) atoms. The fourth-order valence-electron chi connectivity index (χ4n) is 3.55. The molecule has 1 aliphatic heterocycles. The number of halogens is 5. The van der Waals surface area contributed by atoms with Gasteiger partial charge in [0.25, 0.3) is 0 Å². The van der Waals surface area contributed by atoms with Crippen molar-refractivity contribution in [1.29, 1.82) is 0 Å². The molecule has 0 amide bonds. The van der Waals surface area contributed by atoms with Gasteiger partial charge >= 0.3 is 6.36 Å². The molecular weight excluding hydrogens is 393 g/mol. The Morgan fingerprint density at radius 1 is 1.07 bits per heavy atom. The Bertz CT molecular complexity index is 963. The first-order valence-electron chi connectivity index (χ1n) is 8.91. The summed E-state index contributed by atoms with van der Waals surface area (Å²) in [6, 6.07) is 8.07. The predicted molar refractivity (Wildman–Crippen MR) is 97.2 cm³/mol. The number of anilines is 1. The van der Waals surface area contributed by atoms with Crippen LogP contribution in [0.25, 0.3) is 11.1 Å². The highest BCUT2D eigenvalue weighted by molar-refractivity contribution is 5.79. The van der Waals surface area contributed by atoms with Crippen LogP contribution in [0.4, 0.5) is 27.6 Å². The lowest BCUT2D eigenvalue weighted by atomic mass is 9.91. The van der Waals surface area contributed by atoms with Crippen molar-refractivity contribution in [3.63, 3.8) is 0 Å². The highest BCUT2D eigenvalue weighted by Crippen LogP contribution is 2.41. The summed E-state index contributed by atoms with van der Waals surface area (Å²) in [5, 5.41) is 3.26. The summed E-state index contributed by atoms with van der Waals surface area (Å²) in [7, 11) is 0. The van der Waals surface area contributed by atoms with Gasteiger partial charge in [-0.05, 0) is 42.3 Å². The van der Waals surface area contributed by atoms with Crippen LogP contribution >= 0.6 is 0 Å². The van der Waals surface area contributed by atoms with E-state index in [0.717, 1.165) is 6.07 Å². The molecule has 1 unspecified atom stereocenters. The monoisotopic (exact) mass is 409 g/mol. The zero-order valence-corrected chi connectivity index (χ0v) is 15.0. The third kappa shape index (κ3) is 4.36. The van der Waals surface area contributed by atoms with Gasteiger partial charge in [-0.1, -0.05) is 18.2 Å². The van der Waals surface area contributed by atoms with E-state index in [4.69, 9.17) is 4.74 Å². The topological polar surface area (TPSA) is 30.5 Å². The maximum absolute atomic E-state index is 13.6. The molecule has 4 rings (SSSR count). The average molecular weight is 409 g/mol. The molecule has 1 heterocycles. The summed E-state index contributed by atoms with van der Waals surface area (Å²) in [4.78, 5) is 0. The Hall–Kier alpha value is -3.03. The largest absolute Gasteiger partial charge is 0.573 e. The molecule has 2 atom stereocenters. The van der Waals surface area contributed by atoms with E-state index < -0.39 is 18.0 Å². The number of para-hydroxylation sites is 1. The van der Waals surface area contributed by atoms with Gasteiger partial charge in [0.05, 0.1) is 11.7 Å². The SMILES string of the molecule is Fc1cc(F)cc(-c2cccc3c2OCC([C@@H]2C=C(OC(F)(F)F)C=CC2)N3)c1. The van der Waals surface area contributed by atoms with Crippen LogP contribution in [0.2, 0.25) is 0 Å². The second-order valence-electron chi connectivity index (χ2n) is 6.82. The lowest BCUT2D eigenvalue weighted by Gasteiger charge is -2.33. The Labute approximate surface area is 163 Å². The number of hydrogen-bond acceptors (Lipinski definition) is 3. The van der Waals surface area contributed by atoms with E-state index in [1.165, 1.54) is 24.3 Å². The van der Waals surface area contributed by atoms with Crippen LogP contribution in [0, 0.1) is 17.6 Å². The fraction of sp³-hybridized carbons (Fsp3) is 0.238. The minimum Gasteiger partial charge on any atom is -0.489 e. The predicted octanol–water partition coefficient (Wildman–Crippen LogP) is 5.80. The molecule has 1 N–H and O–H groups in total. The molecule has 8 heteroatoms. The quantitative estimate of drug-likeness (QED) is 0.650. The zero-order valence-electron chi connectivity index (χ0n) is 15.0. The summed E-state index contributed by atoms with van der Waals surface area (Å²) in [5.74, 6) is -1.49. The highest BCUT2D eigenvalue weighted by Gasteiger charge is 2.34. The maximum atomic E-state index is 13.6. The molecule has 0 aromatic heterocycles. The van der Waals surface area contributed by atoms with Gasteiger partial charge in [-0.25, -0.2) is 8.78 Å². The second kappa shape index (κ2) is 7.42. The minimum absolute atomic E-state index is 0.177. The number of hydrogen-bond donors (Lipinski definition) is 1. The third-order valence-electron chi connectivity index (χ3n) is 4.76. The van der Waals surface area contributed by atoms with Gasteiger partial charge in [-0.15, -0.1) is 13.2 Å². The van der Waals surface area contributed by atoms with Gasteiger partial charge in [0.1, 0.15) is 29.8 Å². The average Bonchev–Trinajstić information content (AvgIpc) is 2.65. The van der Waals surface area contributed by atoms with E-state index in [2.05, 4.69) is 10.1 Å². The zero-order chi connectivity index (χ0) is 20.6. The first-order chi connectivity index (χ1) is 13.8. The summed E-state index contributed by atoms with van der Waals surface area (Å²) in [5.41, 5.74) is 1.46. The Morgan fingerprint density at radius 3 is 2.55 bits per heavy atom. The molecule has 0 saturated carbocycles. The molecule has 3 nitrogen and oxygen atoms in total. The maximum Gasteiger partial charge on any atom is 0.573 e. The van der Waals surface area contributed by atoms with Crippen molar-refractivity contribution in [2.45, 2.75) is 18.8 Å². The lowest BCUT2D eigenvalue weighted by molar-refractivity contribution is -0.303. The molecule has 2 aromatic rings. The minimum atomic E-state index is -4.75. The van der Waals surface area contributed by atoms with Crippen LogP contribution in [0.15, 0.2) is 60.4 Å². The van der Waals surface area contributed by atoms with Crippen molar-refractivity contribution < 1.29 is 31.4 Å². The van der Waals surface area contributed by atoms with Gasteiger partial charge in [-0.3, -0.25) is 0 Å². The fourth-order valence-corrected chi connectivity index (χ4v) is 3.55. The van der Waals surface area contributed by atoms with E-state index in [1.54, 1.807) is 24.3 Å². The standard InChI is InChI=1S/C21H16F5NO2/c22-14-7-13(8-15(23)10-14)17-5-2-6-18-20(17)28-11-19(27-18)12-3-1-4-16(9-12)29-21(24,25)26/h1-2,4-10,12,19,27H,3,11H2/t12-,19?/m0/s1. The lowest BCUT2D eigenvalue weighted by Crippen LogP contribution is -2.38. The molecule has 152 valence electrons. The second-order valence-corrected chi connectivity index (χ2v) is 6.82. The number of nitrogens with one attached hydrogen (secondary N) is 1. The highest BCUT2D eigenvalue weighted by atomic mass is 19.4. The Balaban J connectivity index is 1.58. The van der Waals surface area contributed by atoms with Crippen LogP contribution in [0.1, 0.15) is 6.42 Å². The smallest absolute Gasteiger partial charge is 0.489 e. The Morgan fingerprint density at radius 2 is 1.83 bits per heavy atom. The van der Waals surface area contributed by atoms with Crippen molar-refractivity contribution >= 4 is 5.69 Å². The molecule has 0 spiro atoms. The van der Waals surface area contributed by atoms with Crippen LogP contribution in [-0.2, 0) is 4.74 Å². The van der Waals surface area contributed by atoms with Crippen LogP contribution in [0.5, 0.6) is 5.75 Å². The van der Waals surface area contributed by atoms with Crippen molar-refractivity contribution in [2.24, 2.45) is 5.92 Å². The summed E-state index contributed by atoms with van der Waals surface area (Å²) in [6.07, 6.45) is 0.102. The van der Waals surface area contributed by atoms with Gasteiger partial charge in [0.2, 0.25) is 0 Å². The van der Waals surface area contributed by atoms with Gasteiger partial charge in [0, 0.05) is 17.5 Å². The molecule has 0 fully saturated rings. The molecule has 0 radical (unpaired) electrons. The summed E-state index contributed by atoms with van der Waals surface area (Å²) >= 11 is 0. The molecule has 0 bridgehead atoms. The van der Waals surface area contributed by atoms with Crippen molar-refractivity contribution in [3.8, 4) is 16.9 Å². The van der Waals surface area contributed by atoms with Gasteiger partial charge < -0.3 is 14.8 Å². The van der Waals surface area contributed by atoms with Gasteiger partial charge in [-0.2, -0.15) is 0 Å². The molecule has 2 aliphatic rings. The van der Waals surface area contributed by atoms with Crippen molar-refractivity contribution in [1.82, 2.24) is 0 Å². The third-order valence-corrected chi connectivity index (χ3v) is 4.76. The Kier molecular flexibility index (Phi) is 4.94. The van der Waals surface area contributed by atoms with Crippen LogP contribution < -0.4 is 10.1 Å². The number of benzene rings is 2. The normalized spacial score (nSPS) is 20.9. The molecular formula is C21H16F5NO2. The van der Waals surface area contributed by atoms with Crippen LogP contribution in [-0.4, -0.2) is 19.0 Å². The number of rotatable bonds is 3. The van der Waals surface area contributed by atoms with Crippen LogP contribution in [0.3, 0.4) is 0 Å². The van der Waals surface area contributed by atoms with E-state index in [1.807, 2.05) is 0 Å². The summed E-state index contributed by atoms with van der Waals surface area (Å²) < 4.78 is 74.5. The van der Waals surface area contributed by atoms with E-state index in [-0.39, 0.29) is 24.3 Å². The number of allylic oxidation sites excluding steroid dienone is 2. The van der Waals surface area contributed by atoms with Crippen molar-refractivity contribution in [2.75, 3.05) is 11.9 Å². The molecule has 2 aromatic carbocycles. The van der Waals surface area contributed by atoms with E-state index in [0.29, 0.717) is 29.0 Å². The number of fused-ring (bicyclic) bond motifs is 1. The van der Waals surface area contributed by atoms with E-state index >= 15 is 0 Å². The first kappa shape index (κ1) is 19.3.